The molecule has 1 aromatic rings. The molecule has 0 spiro atoms. The highest BCUT2D eigenvalue weighted by Crippen LogP contribution is 2.84. The van der Waals surface area contributed by atoms with Crippen LogP contribution >= 0.6 is 8.29 Å². The molecule has 0 aromatic heterocycles. The van der Waals surface area contributed by atoms with Gasteiger partial charge in [0.1, 0.15) is 5.75 Å². The number of aromatic hydroxyl groups is 1. The van der Waals surface area contributed by atoms with E-state index >= 15 is 0 Å². The molecular weight excluding hydrogens is 216 g/mol. The van der Waals surface area contributed by atoms with Gasteiger partial charge in [-0.1, -0.05) is 13.3 Å². The van der Waals surface area contributed by atoms with Crippen molar-refractivity contribution < 1.29 is 5.11 Å². The fraction of sp³-hybridized carbons (Fsp3) is 0.571. The van der Waals surface area contributed by atoms with Gasteiger partial charge < -0.3 is 5.11 Å². The van der Waals surface area contributed by atoms with Crippen molar-refractivity contribution in [3.63, 3.8) is 0 Å². The van der Waals surface area contributed by atoms with Gasteiger partial charge in [-0.25, -0.2) is 0 Å². The van der Waals surface area contributed by atoms with E-state index in [2.05, 4.69) is 44.1 Å². The molecule has 1 rings (SSSR count). The first kappa shape index (κ1) is 13.4. The van der Waals surface area contributed by atoms with Gasteiger partial charge in [0.2, 0.25) is 0 Å². The van der Waals surface area contributed by atoms with Gasteiger partial charge in [-0.05, 0) is 66.4 Å². The van der Waals surface area contributed by atoms with E-state index in [9.17, 15) is 5.11 Å². The standard InChI is InChI=1S/C14H26OS/c1-6-7-12-16(2,3,4,5)14-10-8-13(15)9-11-14/h8-11,15H,6-7,12H2,1-5H3. The van der Waals surface area contributed by atoms with Crippen LogP contribution in [0.4, 0.5) is 0 Å². The molecule has 0 atom stereocenters. The SMILES string of the molecule is CCCCS(C)(C)(C)(C)c1ccc(O)cc1. The molecule has 16 heavy (non-hydrogen) atoms. The quantitative estimate of drug-likeness (QED) is 0.847. The zero-order valence-electron chi connectivity index (χ0n) is 11.3. The minimum atomic E-state index is -2.15. The van der Waals surface area contributed by atoms with Crippen molar-refractivity contribution >= 4 is 8.29 Å². The predicted octanol–water partition coefficient (Wildman–Crippen LogP) is 3.95. The van der Waals surface area contributed by atoms with E-state index in [1.807, 2.05) is 0 Å². The van der Waals surface area contributed by atoms with E-state index in [0.29, 0.717) is 5.75 Å². The maximum Gasteiger partial charge on any atom is 0.115 e. The minimum absolute atomic E-state index is 0.354. The van der Waals surface area contributed by atoms with E-state index in [1.165, 1.54) is 23.5 Å². The molecule has 0 aliphatic carbocycles. The molecular formula is C14H26OS. The summed E-state index contributed by atoms with van der Waals surface area (Å²) in [6.07, 6.45) is 12.2. The van der Waals surface area contributed by atoms with Crippen LogP contribution in [-0.4, -0.2) is 35.9 Å². The summed E-state index contributed by atoms with van der Waals surface area (Å²) in [7, 11) is -2.15. The van der Waals surface area contributed by atoms with Crippen LogP contribution in [0.3, 0.4) is 0 Å². The molecule has 0 fully saturated rings. The lowest BCUT2D eigenvalue weighted by Crippen LogP contribution is -2.34. The zero-order chi connectivity index (χ0) is 12.5. The third-order valence-corrected chi connectivity index (χ3v) is 7.98. The van der Waals surface area contributed by atoms with Gasteiger partial charge in [-0.3, -0.25) is 8.29 Å². The fourth-order valence-corrected chi connectivity index (χ4v) is 5.24. The highest BCUT2D eigenvalue weighted by atomic mass is 32.4. The zero-order valence-corrected chi connectivity index (χ0v) is 12.1. The van der Waals surface area contributed by atoms with Crippen LogP contribution in [0.2, 0.25) is 0 Å². The fourth-order valence-electron chi connectivity index (χ4n) is 2.00. The first-order valence-corrected chi connectivity index (χ1v) is 10.1. The molecule has 94 valence electrons. The summed E-state index contributed by atoms with van der Waals surface area (Å²) in [5, 5.41) is 9.38. The number of unbranched alkanes of at least 4 members (excludes halogenated alkanes) is 1. The third-order valence-electron chi connectivity index (χ3n) is 3.36. The molecule has 0 aliphatic rings. The molecule has 1 nitrogen and oxygen atoms in total. The van der Waals surface area contributed by atoms with E-state index in [4.69, 9.17) is 0 Å². The Morgan fingerprint density at radius 2 is 1.50 bits per heavy atom. The minimum Gasteiger partial charge on any atom is -0.508 e. The van der Waals surface area contributed by atoms with E-state index < -0.39 is 8.29 Å². The van der Waals surface area contributed by atoms with Crippen molar-refractivity contribution in [3.8, 4) is 5.75 Å². The third kappa shape index (κ3) is 2.94. The van der Waals surface area contributed by atoms with E-state index in [-0.39, 0.29) is 0 Å². The molecule has 0 aliphatic heterocycles. The molecule has 0 saturated carbocycles. The molecule has 1 N–H and O–H groups in total. The van der Waals surface area contributed by atoms with Crippen molar-refractivity contribution in [2.45, 2.75) is 24.7 Å². The Kier molecular flexibility index (Phi) is 2.88. The number of hydrogen-bond donors (Lipinski definition) is 1. The second-order valence-corrected chi connectivity index (χ2v) is 17.1. The van der Waals surface area contributed by atoms with Crippen molar-refractivity contribution in [2.75, 3.05) is 30.8 Å². The van der Waals surface area contributed by atoms with Crippen LogP contribution in [0.5, 0.6) is 5.75 Å². The van der Waals surface area contributed by atoms with Gasteiger partial charge in [0.15, 0.2) is 0 Å². The van der Waals surface area contributed by atoms with Crippen molar-refractivity contribution in [1.82, 2.24) is 0 Å². The summed E-state index contributed by atoms with van der Waals surface area (Å²) < 4.78 is 0. The Balaban J connectivity index is 3.20. The Morgan fingerprint density at radius 1 is 1.00 bits per heavy atom. The van der Waals surface area contributed by atoms with Gasteiger partial charge in [0.25, 0.3) is 0 Å². The van der Waals surface area contributed by atoms with Crippen LogP contribution in [0, 0.1) is 0 Å². The van der Waals surface area contributed by atoms with Crippen molar-refractivity contribution in [2.24, 2.45) is 0 Å². The predicted molar refractivity (Wildman–Crippen MR) is 77.4 cm³/mol. The van der Waals surface area contributed by atoms with Gasteiger partial charge in [-0.15, -0.1) is 0 Å². The summed E-state index contributed by atoms with van der Waals surface area (Å²) in [4.78, 5) is 1.39. The lowest BCUT2D eigenvalue weighted by Gasteiger charge is -2.70. The Morgan fingerprint density at radius 3 is 1.94 bits per heavy atom. The van der Waals surface area contributed by atoms with Gasteiger partial charge >= 0.3 is 0 Å². The average Bonchev–Trinajstić information content (AvgIpc) is 2.14. The molecule has 0 unspecified atom stereocenters. The summed E-state index contributed by atoms with van der Waals surface area (Å²) >= 11 is 0. The second-order valence-electron chi connectivity index (χ2n) is 7.12. The first-order chi connectivity index (χ1) is 7.07. The maximum absolute atomic E-state index is 9.38. The first-order valence-electron chi connectivity index (χ1n) is 5.88. The topological polar surface area (TPSA) is 20.2 Å². The highest BCUT2D eigenvalue weighted by Gasteiger charge is 2.43. The largest absolute Gasteiger partial charge is 0.508 e. The van der Waals surface area contributed by atoms with Crippen molar-refractivity contribution in [3.05, 3.63) is 24.3 Å². The maximum atomic E-state index is 9.38. The molecule has 0 bridgehead atoms. The Labute approximate surface area is 99.1 Å². The molecule has 1 aromatic carbocycles. The summed E-state index contributed by atoms with van der Waals surface area (Å²) in [6.45, 7) is 2.24. The average molecular weight is 242 g/mol. The number of phenolic OH excluding ortho intramolecular Hbond substituents is 1. The van der Waals surface area contributed by atoms with Gasteiger partial charge in [0.05, 0.1) is 0 Å². The van der Waals surface area contributed by atoms with E-state index in [1.54, 1.807) is 12.1 Å². The lowest BCUT2D eigenvalue weighted by molar-refractivity contribution is 0.475. The summed E-state index contributed by atoms with van der Waals surface area (Å²) in [5.41, 5.74) is 0. The summed E-state index contributed by atoms with van der Waals surface area (Å²) in [6, 6.07) is 7.79. The number of hydrogen-bond acceptors (Lipinski definition) is 1. The number of rotatable bonds is 4. The van der Waals surface area contributed by atoms with Crippen molar-refractivity contribution in [1.29, 1.82) is 0 Å². The molecule has 0 heterocycles. The van der Waals surface area contributed by atoms with Crippen LogP contribution in [-0.2, 0) is 0 Å². The van der Waals surface area contributed by atoms with E-state index in [0.717, 1.165) is 0 Å². The van der Waals surface area contributed by atoms with Crippen LogP contribution in [0.25, 0.3) is 0 Å². The number of phenols is 1. The van der Waals surface area contributed by atoms with Crippen LogP contribution in [0.1, 0.15) is 19.8 Å². The van der Waals surface area contributed by atoms with Crippen LogP contribution in [0.15, 0.2) is 29.2 Å². The van der Waals surface area contributed by atoms with Gasteiger partial charge in [0, 0.05) is 0 Å². The smallest absolute Gasteiger partial charge is 0.115 e. The monoisotopic (exact) mass is 242 g/mol. The summed E-state index contributed by atoms with van der Waals surface area (Å²) in [5.74, 6) is 1.61. The highest BCUT2D eigenvalue weighted by molar-refractivity contribution is 8.62. The lowest BCUT2D eigenvalue weighted by atomic mass is 10.3. The Bertz CT molecular complexity index is 368. The Hall–Kier alpha value is -0.630. The molecule has 0 amide bonds. The number of benzene rings is 1. The second kappa shape index (κ2) is 3.43. The van der Waals surface area contributed by atoms with Gasteiger partial charge in [-0.2, -0.15) is 0 Å². The molecule has 0 saturated heterocycles. The normalized spacial score (nSPS) is 16.6. The van der Waals surface area contributed by atoms with Crippen LogP contribution < -0.4 is 0 Å². The molecule has 0 radical (unpaired) electrons. The molecule has 2 heteroatoms.